The Bertz CT molecular complexity index is 551. The second-order valence-electron chi connectivity index (χ2n) is 4.26. The third-order valence-electron chi connectivity index (χ3n) is 2.76. The molecule has 4 nitrogen and oxygen atoms in total. The predicted molar refractivity (Wildman–Crippen MR) is 68.9 cm³/mol. The zero-order valence-corrected chi connectivity index (χ0v) is 10.6. The Labute approximate surface area is 109 Å². The molecule has 0 aromatic heterocycles. The fraction of sp³-hybridized carbons (Fsp3) is 0.231. The zero-order valence-electron chi connectivity index (χ0n) is 9.81. The van der Waals surface area contributed by atoms with Crippen LogP contribution in [-0.4, -0.2) is 23.5 Å². The first-order valence-electron chi connectivity index (χ1n) is 5.46. The molecule has 1 aromatic carbocycles. The molecule has 0 bridgehead atoms. The van der Waals surface area contributed by atoms with Crippen molar-refractivity contribution in [2.45, 2.75) is 13.3 Å². The molecule has 0 fully saturated rings. The maximum Gasteiger partial charge on any atom is 0.328 e. The van der Waals surface area contributed by atoms with Crippen LogP contribution in [-0.2, 0) is 16.0 Å². The van der Waals surface area contributed by atoms with Crippen LogP contribution in [0.2, 0.25) is 5.02 Å². The van der Waals surface area contributed by atoms with Crippen molar-refractivity contribution in [1.29, 1.82) is 0 Å². The molecule has 18 heavy (non-hydrogen) atoms. The summed E-state index contributed by atoms with van der Waals surface area (Å²) in [5.74, 6) is -1.05. The van der Waals surface area contributed by atoms with Crippen molar-refractivity contribution in [2.75, 3.05) is 11.4 Å². The summed E-state index contributed by atoms with van der Waals surface area (Å²) in [5.41, 5.74) is 2.31. The second kappa shape index (κ2) is 4.82. The molecule has 1 aliphatic heterocycles. The first-order chi connectivity index (χ1) is 8.47. The molecular formula is C13H12ClNO3. The average Bonchev–Trinajstić information content (AvgIpc) is 2.55. The SMILES string of the molecule is CC(=CC(=O)O)CN1C(=O)Cc2ccc(Cl)cc21. The quantitative estimate of drug-likeness (QED) is 0.853. The Kier molecular flexibility index (Phi) is 3.39. The number of rotatable bonds is 3. The number of carbonyl (C=O) groups is 2. The van der Waals surface area contributed by atoms with Crippen molar-refractivity contribution in [1.82, 2.24) is 0 Å². The van der Waals surface area contributed by atoms with Crippen LogP contribution in [0.15, 0.2) is 29.8 Å². The lowest BCUT2D eigenvalue weighted by atomic mass is 10.2. The molecule has 94 valence electrons. The molecule has 1 amide bonds. The van der Waals surface area contributed by atoms with Crippen LogP contribution in [0.1, 0.15) is 12.5 Å². The predicted octanol–water partition coefficient (Wildman–Crippen LogP) is 2.26. The number of aliphatic carboxylic acids is 1. The molecule has 2 rings (SSSR count). The molecule has 0 radical (unpaired) electrons. The number of hydrogen-bond acceptors (Lipinski definition) is 2. The topological polar surface area (TPSA) is 57.6 Å². The minimum Gasteiger partial charge on any atom is -0.478 e. The summed E-state index contributed by atoms with van der Waals surface area (Å²) in [7, 11) is 0. The first-order valence-corrected chi connectivity index (χ1v) is 5.84. The molecule has 5 heteroatoms. The summed E-state index contributed by atoms with van der Waals surface area (Å²) in [6.45, 7) is 1.96. The number of fused-ring (bicyclic) bond motifs is 1. The molecule has 0 aliphatic carbocycles. The second-order valence-corrected chi connectivity index (χ2v) is 4.70. The summed E-state index contributed by atoms with van der Waals surface area (Å²) >= 11 is 5.91. The summed E-state index contributed by atoms with van der Waals surface area (Å²) < 4.78 is 0. The number of carboxylic acid groups (broad SMARTS) is 1. The Morgan fingerprint density at radius 3 is 2.94 bits per heavy atom. The number of nitrogens with zero attached hydrogens (tertiary/aromatic N) is 1. The normalized spacial score (nSPS) is 14.9. The maximum atomic E-state index is 11.9. The van der Waals surface area contributed by atoms with Gasteiger partial charge >= 0.3 is 5.97 Å². The lowest BCUT2D eigenvalue weighted by Crippen LogP contribution is -2.28. The Hall–Kier alpha value is -1.81. The molecule has 0 saturated carbocycles. The minimum absolute atomic E-state index is 0.0367. The van der Waals surface area contributed by atoms with Gasteiger partial charge in [0.1, 0.15) is 0 Å². The highest BCUT2D eigenvalue weighted by Gasteiger charge is 2.27. The van der Waals surface area contributed by atoms with E-state index in [1.54, 1.807) is 24.0 Å². The number of anilines is 1. The summed E-state index contributed by atoms with van der Waals surface area (Å²) in [6.07, 6.45) is 1.45. The largest absolute Gasteiger partial charge is 0.478 e. The highest BCUT2D eigenvalue weighted by Crippen LogP contribution is 2.31. The van der Waals surface area contributed by atoms with Crippen LogP contribution >= 0.6 is 11.6 Å². The highest BCUT2D eigenvalue weighted by atomic mass is 35.5. The van der Waals surface area contributed by atoms with Crippen molar-refractivity contribution in [3.05, 3.63) is 40.4 Å². The van der Waals surface area contributed by atoms with E-state index in [0.717, 1.165) is 17.3 Å². The number of carbonyl (C=O) groups excluding carboxylic acids is 1. The number of hydrogen-bond donors (Lipinski definition) is 1. The number of benzene rings is 1. The summed E-state index contributed by atoms with van der Waals surface area (Å²) in [5, 5.41) is 9.23. The van der Waals surface area contributed by atoms with Gasteiger partial charge in [-0.05, 0) is 30.2 Å². The molecule has 1 aliphatic rings. The molecule has 0 saturated heterocycles. The van der Waals surface area contributed by atoms with E-state index in [4.69, 9.17) is 16.7 Å². The van der Waals surface area contributed by atoms with E-state index < -0.39 is 5.97 Å². The van der Waals surface area contributed by atoms with Crippen molar-refractivity contribution in [3.8, 4) is 0 Å². The Morgan fingerprint density at radius 2 is 2.28 bits per heavy atom. The van der Waals surface area contributed by atoms with Crippen LogP contribution in [0.4, 0.5) is 5.69 Å². The van der Waals surface area contributed by atoms with Crippen LogP contribution < -0.4 is 4.90 Å². The van der Waals surface area contributed by atoms with E-state index in [2.05, 4.69) is 0 Å². The number of halogens is 1. The van der Waals surface area contributed by atoms with Crippen LogP contribution in [0.5, 0.6) is 0 Å². The third-order valence-corrected chi connectivity index (χ3v) is 2.99. The van der Waals surface area contributed by atoms with Gasteiger partial charge in [0.2, 0.25) is 5.91 Å². The molecule has 0 spiro atoms. The van der Waals surface area contributed by atoms with Crippen molar-refractivity contribution in [3.63, 3.8) is 0 Å². The molecule has 0 atom stereocenters. The molecule has 0 unspecified atom stereocenters. The monoisotopic (exact) mass is 265 g/mol. The fourth-order valence-electron chi connectivity index (χ4n) is 2.01. The third kappa shape index (κ3) is 2.54. The lowest BCUT2D eigenvalue weighted by molar-refractivity contribution is -0.131. The smallest absolute Gasteiger partial charge is 0.328 e. The van der Waals surface area contributed by atoms with Gasteiger partial charge in [-0.15, -0.1) is 0 Å². The van der Waals surface area contributed by atoms with E-state index in [9.17, 15) is 9.59 Å². The van der Waals surface area contributed by atoms with Gasteiger partial charge in [0.05, 0.1) is 6.42 Å². The standard InChI is InChI=1S/C13H12ClNO3/c1-8(4-13(17)18)7-15-11-6-10(14)3-2-9(11)5-12(15)16/h2-4,6H,5,7H2,1H3,(H,17,18). The lowest BCUT2D eigenvalue weighted by Gasteiger charge is -2.17. The van der Waals surface area contributed by atoms with Crippen LogP contribution in [0.3, 0.4) is 0 Å². The van der Waals surface area contributed by atoms with Gasteiger partial charge < -0.3 is 10.0 Å². The van der Waals surface area contributed by atoms with Crippen molar-refractivity contribution >= 4 is 29.2 Å². The highest BCUT2D eigenvalue weighted by molar-refractivity contribution is 6.31. The van der Waals surface area contributed by atoms with Crippen LogP contribution in [0.25, 0.3) is 0 Å². The van der Waals surface area contributed by atoms with Gasteiger partial charge in [-0.1, -0.05) is 17.7 Å². The summed E-state index contributed by atoms with van der Waals surface area (Å²) in [6, 6.07) is 5.30. The number of amides is 1. The van der Waals surface area contributed by atoms with Crippen molar-refractivity contribution in [2.24, 2.45) is 0 Å². The van der Waals surface area contributed by atoms with E-state index >= 15 is 0 Å². The molecule has 1 N–H and O–H groups in total. The van der Waals surface area contributed by atoms with Gasteiger partial charge in [0.25, 0.3) is 0 Å². The Balaban J connectivity index is 2.28. The van der Waals surface area contributed by atoms with E-state index in [1.807, 2.05) is 6.07 Å². The van der Waals surface area contributed by atoms with Gasteiger partial charge in [0, 0.05) is 23.3 Å². The van der Waals surface area contributed by atoms with Crippen molar-refractivity contribution < 1.29 is 14.7 Å². The van der Waals surface area contributed by atoms with Crippen LogP contribution in [0, 0.1) is 0 Å². The Morgan fingerprint density at radius 1 is 1.56 bits per heavy atom. The number of carboxylic acids is 1. The fourth-order valence-corrected chi connectivity index (χ4v) is 2.18. The molecule has 1 heterocycles. The van der Waals surface area contributed by atoms with Gasteiger partial charge in [-0.25, -0.2) is 4.79 Å². The van der Waals surface area contributed by atoms with Gasteiger partial charge in [0.15, 0.2) is 0 Å². The minimum atomic E-state index is -1.01. The van der Waals surface area contributed by atoms with Gasteiger partial charge in [-0.3, -0.25) is 4.79 Å². The summed E-state index contributed by atoms with van der Waals surface area (Å²) in [4.78, 5) is 24.0. The zero-order chi connectivity index (χ0) is 13.3. The van der Waals surface area contributed by atoms with Gasteiger partial charge in [-0.2, -0.15) is 0 Å². The van der Waals surface area contributed by atoms with E-state index in [1.165, 1.54) is 0 Å². The maximum absolute atomic E-state index is 11.9. The molecule has 1 aromatic rings. The van der Waals surface area contributed by atoms with E-state index in [-0.39, 0.29) is 12.5 Å². The van der Waals surface area contributed by atoms with E-state index in [0.29, 0.717) is 17.0 Å². The average molecular weight is 266 g/mol. The molecular weight excluding hydrogens is 254 g/mol. The first kappa shape index (κ1) is 12.6.